The van der Waals surface area contributed by atoms with E-state index in [0.29, 0.717) is 0 Å². The zero-order valence-corrected chi connectivity index (χ0v) is 44.0. The number of nitrogens with zero attached hydrogens (tertiary/aromatic N) is 3. The molecule has 11 aromatic rings. The average Bonchev–Trinajstić information content (AvgIpc) is 4.06. The van der Waals surface area contributed by atoms with Gasteiger partial charge in [-0.2, -0.15) is 0 Å². The van der Waals surface area contributed by atoms with Crippen LogP contribution < -0.4 is 31.1 Å². The third-order valence-electron chi connectivity index (χ3n) is 17.8. The summed E-state index contributed by atoms with van der Waals surface area (Å²) in [6.45, 7) is 14.5. The molecule has 3 nitrogen and oxygen atoms in total. The Labute approximate surface area is 437 Å². The largest absolute Gasteiger partial charge is 0.334 e. The van der Waals surface area contributed by atoms with Gasteiger partial charge in [-0.15, -0.1) is 22.7 Å². The van der Waals surface area contributed by atoms with Crippen LogP contribution in [0.25, 0.3) is 51.5 Å². The number of fused-ring (bicyclic) bond motifs is 13. The minimum atomic E-state index is -0.0961. The Kier molecular flexibility index (Phi) is 9.20. The van der Waals surface area contributed by atoms with E-state index in [1.165, 1.54) is 149 Å². The summed E-state index contributed by atoms with van der Waals surface area (Å²) in [5.41, 5.74) is 20.7. The molecule has 2 aromatic heterocycles. The van der Waals surface area contributed by atoms with Crippen LogP contribution in [-0.4, -0.2) is 12.3 Å². The summed E-state index contributed by atoms with van der Waals surface area (Å²) in [5, 5.41) is 5.25. The standard InChI is InChI=1S/C67H56BN3S2/c1-41-36-58-62-59(37-41)70(56-25-17-23-49-47-21-11-13-27-61(47)73-64(49)56)57-40-45(71-53-33-29-44(65(2,3)4)39-50(53)66(5)34-14-15-35-67(66,71)6)30-31-51(57)68(62)52-38-43(42-18-8-7-9-19-42)28-32-54(52)69(58)55-24-16-22-48-46-20-10-12-26-60(46)72-63(48)55/h7-13,16-33,36-40H,14-15,34-35H2,1-6H3. The Bertz CT molecular complexity index is 4120. The molecule has 15 rings (SSSR count). The van der Waals surface area contributed by atoms with Gasteiger partial charge in [0.2, 0.25) is 0 Å². The van der Waals surface area contributed by atoms with Crippen LogP contribution in [-0.2, 0) is 10.8 Å². The maximum absolute atomic E-state index is 2.79. The zero-order chi connectivity index (χ0) is 49.1. The number of hydrogen-bond acceptors (Lipinski definition) is 5. The van der Waals surface area contributed by atoms with E-state index in [4.69, 9.17) is 0 Å². The molecule has 6 heteroatoms. The van der Waals surface area contributed by atoms with Gasteiger partial charge in [0.05, 0.1) is 26.3 Å². The summed E-state index contributed by atoms with van der Waals surface area (Å²) in [5.74, 6) is 0. The van der Waals surface area contributed by atoms with Crippen molar-refractivity contribution in [3.8, 4) is 11.1 Å². The molecular weight excluding hydrogens is 922 g/mol. The van der Waals surface area contributed by atoms with Crippen LogP contribution >= 0.6 is 22.7 Å². The first-order valence-corrected chi connectivity index (χ1v) is 28.0. The lowest BCUT2D eigenvalue weighted by Crippen LogP contribution is -2.61. The molecular formula is C67H56BN3S2. The van der Waals surface area contributed by atoms with Crippen LogP contribution in [0.3, 0.4) is 0 Å². The molecule has 1 fully saturated rings. The highest BCUT2D eigenvalue weighted by Crippen LogP contribution is 2.62. The van der Waals surface area contributed by atoms with Gasteiger partial charge in [-0.3, -0.25) is 0 Å². The van der Waals surface area contributed by atoms with Crippen LogP contribution in [0.1, 0.15) is 77.0 Å². The first-order chi connectivity index (χ1) is 35.5. The van der Waals surface area contributed by atoms with Crippen molar-refractivity contribution in [3.05, 3.63) is 199 Å². The van der Waals surface area contributed by atoms with Gasteiger partial charge in [-0.05, 0) is 137 Å². The molecule has 0 saturated heterocycles. The minimum absolute atomic E-state index is 0.00952. The van der Waals surface area contributed by atoms with Crippen molar-refractivity contribution >= 4 is 132 Å². The van der Waals surface area contributed by atoms with Crippen molar-refractivity contribution in [2.45, 2.75) is 83.6 Å². The second-order valence-electron chi connectivity index (χ2n) is 22.8. The highest BCUT2D eigenvalue weighted by Gasteiger charge is 2.58. The number of anilines is 8. The Balaban J connectivity index is 1.04. The van der Waals surface area contributed by atoms with Crippen LogP contribution in [0, 0.1) is 6.92 Å². The first-order valence-electron chi connectivity index (χ1n) is 26.3. The molecule has 0 spiro atoms. The summed E-state index contributed by atoms with van der Waals surface area (Å²) in [7, 11) is 0. The van der Waals surface area contributed by atoms with Gasteiger partial charge in [0, 0.05) is 70.5 Å². The van der Waals surface area contributed by atoms with Crippen LogP contribution in [0.5, 0.6) is 0 Å². The van der Waals surface area contributed by atoms with Gasteiger partial charge in [-0.25, -0.2) is 0 Å². The fourth-order valence-corrected chi connectivity index (χ4v) is 16.4. The Morgan fingerprint density at radius 2 is 1.08 bits per heavy atom. The normalized spacial score (nSPS) is 18.9. The molecule has 5 heterocycles. The SMILES string of the molecule is Cc1cc2c3c(c1)N(c1cccc4c1sc1ccccc14)c1cc(N4c5ccc(C(C)(C)C)cc5C5(C)CCCCC45C)ccc1B3c1cc(-c3ccccc3)ccc1N2c1cccc2c1sc1ccccc12. The number of hydrogen-bond donors (Lipinski definition) is 0. The number of thiophene rings is 2. The lowest BCUT2D eigenvalue weighted by atomic mass is 9.33. The van der Waals surface area contributed by atoms with Crippen molar-refractivity contribution in [1.82, 2.24) is 0 Å². The number of aryl methyl sites for hydroxylation is 1. The van der Waals surface area contributed by atoms with Gasteiger partial charge in [-0.1, -0.05) is 162 Å². The number of rotatable bonds is 4. The third-order valence-corrected chi connectivity index (χ3v) is 20.2. The Morgan fingerprint density at radius 1 is 0.479 bits per heavy atom. The Hall–Kier alpha value is -7.12. The maximum Gasteiger partial charge on any atom is 0.252 e. The summed E-state index contributed by atoms with van der Waals surface area (Å²) >= 11 is 3.84. The van der Waals surface area contributed by atoms with Crippen LogP contribution in [0.2, 0.25) is 0 Å². The minimum Gasteiger partial charge on any atom is -0.334 e. The summed E-state index contributed by atoms with van der Waals surface area (Å²) in [4.78, 5) is 8.10. The fraction of sp³-hybridized carbons (Fsp3) is 0.194. The van der Waals surface area contributed by atoms with Crippen molar-refractivity contribution in [3.63, 3.8) is 0 Å². The molecule has 1 saturated carbocycles. The molecule has 0 radical (unpaired) electrons. The van der Waals surface area contributed by atoms with E-state index < -0.39 is 0 Å². The predicted molar refractivity (Wildman–Crippen MR) is 318 cm³/mol. The van der Waals surface area contributed by atoms with E-state index in [1.807, 2.05) is 22.7 Å². The zero-order valence-electron chi connectivity index (χ0n) is 42.4. The van der Waals surface area contributed by atoms with E-state index in [1.54, 1.807) is 0 Å². The van der Waals surface area contributed by atoms with E-state index in [2.05, 4.69) is 238 Å². The Morgan fingerprint density at radius 3 is 1.75 bits per heavy atom. The molecule has 2 unspecified atom stereocenters. The van der Waals surface area contributed by atoms with E-state index in [0.717, 1.165) is 6.42 Å². The summed E-state index contributed by atoms with van der Waals surface area (Å²) < 4.78 is 5.26. The lowest BCUT2D eigenvalue weighted by molar-refractivity contribution is 0.195. The lowest BCUT2D eigenvalue weighted by Gasteiger charge is -2.50. The molecule has 9 aromatic carbocycles. The molecule has 73 heavy (non-hydrogen) atoms. The van der Waals surface area contributed by atoms with Crippen molar-refractivity contribution in [2.24, 2.45) is 0 Å². The number of benzene rings is 9. The van der Waals surface area contributed by atoms with Gasteiger partial charge in [0.15, 0.2) is 0 Å². The van der Waals surface area contributed by atoms with Crippen molar-refractivity contribution in [2.75, 3.05) is 14.7 Å². The summed E-state index contributed by atoms with van der Waals surface area (Å²) in [6, 6.07) is 70.2. The van der Waals surface area contributed by atoms with E-state index in [9.17, 15) is 0 Å². The van der Waals surface area contributed by atoms with Gasteiger partial charge < -0.3 is 14.7 Å². The molecule has 4 aliphatic rings. The van der Waals surface area contributed by atoms with Crippen LogP contribution in [0.4, 0.5) is 45.5 Å². The van der Waals surface area contributed by atoms with Gasteiger partial charge >= 0.3 is 0 Å². The molecule has 0 N–H and O–H groups in total. The second kappa shape index (κ2) is 15.5. The average molecular weight is 978 g/mol. The molecule has 354 valence electrons. The first kappa shape index (κ1) is 43.5. The molecule has 2 atom stereocenters. The van der Waals surface area contributed by atoms with Crippen molar-refractivity contribution < 1.29 is 0 Å². The van der Waals surface area contributed by atoms with Gasteiger partial charge in [0.1, 0.15) is 0 Å². The van der Waals surface area contributed by atoms with Crippen molar-refractivity contribution in [1.29, 1.82) is 0 Å². The maximum atomic E-state index is 2.79. The highest BCUT2D eigenvalue weighted by molar-refractivity contribution is 7.27. The topological polar surface area (TPSA) is 9.72 Å². The van der Waals surface area contributed by atoms with Crippen LogP contribution in [0.15, 0.2) is 182 Å². The van der Waals surface area contributed by atoms with E-state index in [-0.39, 0.29) is 23.1 Å². The smallest absolute Gasteiger partial charge is 0.252 e. The quantitative estimate of drug-likeness (QED) is 0.163. The highest BCUT2D eigenvalue weighted by atomic mass is 32.1. The third kappa shape index (κ3) is 6.05. The monoisotopic (exact) mass is 977 g/mol. The molecule has 0 bridgehead atoms. The fourth-order valence-electron chi connectivity index (χ4n) is 14.0. The van der Waals surface area contributed by atoms with E-state index >= 15 is 0 Å². The molecule has 3 aliphatic heterocycles. The molecule has 0 amide bonds. The molecule has 1 aliphatic carbocycles. The summed E-state index contributed by atoms with van der Waals surface area (Å²) in [6.07, 6.45) is 4.83. The van der Waals surface area contributed by atoms with Gasteiger partial charge in [0.25, 0.3) is 6.71 Å². The predicted octanol–water partition coefficient (Wildman–Crippen LogP) is 17.5. The second-order valence-corrected chi connectivity index (χ2v) is 24.9.